The van der Waals surface area contributed by atoms with E-state index in [2.05, 4.69) is 48.6 Å². The van der Waals surface area contributed by atoms with Crippen molar-refractivity contribution < 1.29 is 0 Å². The van der Waals surface area contributed by atoms with Gasteiger partial charge in [0.25, 0.3) is 0 Å². The van der Waals surface area contributed by atoms with Crippen molar-refractivity contribution >= 4 is 37.9 Å². The summed E-state index contributed by atoms with van der Waals surface area (Å²) in [5, 5.41) is 0. The van der Waals surface area contributed by atoms with Crippen molar-refractivity contribution in [1.82, 2.24) is 4.57 Å². The molecule has 0 amide bonds. The number of halogens is 2. The highest BCUT2D eigenvalue weighted by molar-refractivity contribution is 9.28. The van der Waals surface area contributed by atoms with E-state index in [1.807, 2.05) is 42.7 Å². The summed E-state index contributed by atoms with van der Waals surface area (Å²) in [7, 11) is 0. The Balaban J connectivity index is 2.52. The van der Waals surface area contributed by atoms with Gasteiger partial charge in [-0.2, -0.15) is 0 Å². The third-order valence-corrected chi connectivity index (χ3v) is 2.54. The molecule has 0 aliphatic rings. The van der Waals surface area contributed by atoms with Gasteiger partial charge >= 0.3 is 0 Å². The van der Waals surface area contributed by atoms with Gasteiger partial charge in [0.1, 0.15) is 0 Å². The molecule has 0 bridgehead atoms. The second kappa shape index (κ2) is 4.81. The Morgan fingerprint density at radius 2 is 1.67 bits per heavy atom. The molecule has 1 aromatic heterocycles. The van der Waals surface area contributed by atoms with Crippen LogP contribution in [0.3, 0.4) is 0 Å². The molecular weight excluding hydrogens is 318 g/mol. The van der Waals surface area contributed by atoms with Crippen molar-refractivity contribution in [2.75, 3.05) is 0 Å². The minimum Gasteiger partial charge on any atom is -0.323 e. The Labute approximate surface area is 106 Å². The average molecular weight is 327 g/mol. The Hall–Kier alpha value is -0.800. The Morgan fingerprint density at radius 1 is 1.00 bits per heavy atom. The van der Waals surface area contributed by atoms with Crippen molar-refractivity contribution in [2.45, 2.75) is 0 Å². The van der Waals surface area contributed by atoms with E-state index in [0.717, 1.165) is 8.96 Å². The van der Waals surface area contributed by atoms with Crippen molar-refractivity contribution in [3.8, 4) is 5.69 Å². The maximum Gasteiger partial charge on any atom is 0.0610 e. The molecule has 0 unspecified atom stereocenters. The summed E-state index contributed by atoms with van der Waals surface area (Å²) in [5.41, 5.74) is 2.33. The average Bonchev–Trinajstić information content (AvgIpc) is 2.70. The van der Waals surface area contributed by atoms with Crippen molar-refractivity contribution in [1.29, 1.82) is 0 Å². The van der Waals surface area contributed by atoms with E-state index in [-0.39, 0.29) is 0 Å². The van der Waals surface area contributed by atoms with Gasteiger partial charge in [0, 0.05) is 18.0 Å². The first-order chi connectivity index (χ1) is 7.27. The van der Waals surface area contributed by atoms with Crippen LogP contribution in [0.25, 0.3) is 11.8 Å². The zero-order valence-corrected chi connectivity index (χ0v) is 11.1. The fourth-order valence-electron chi connectivity index (χ4n) is 1.46. The van der Waals surface area contributed by atoms with Gasteiger partial charge in [0.05, 0.1) is 9.08 Å². The lowest BCUT2D eigenvalue weighted by molar-refractivity contribution is 1.08. The Morgan fingerprint density at radius 3 is 2.33 bits per heavy atom. The first-order valence-corrected chi connectivity index (χ1v) is 6.11. The molecule has 0 spiro atoms. The minimum atomic E-state index is 0.939. The van der Waals surface area contributed by atoms with Gasteiger partial charge < -0.3 is 4.57 Å². The fraction of sp³-hybridized carbons (Fsp3) is 0. The third kappa shape index (κ3) is 2.61. The number of para-hydroxylation sites is 1. The summed E-state index contributed by atoms with van der Waals surface area (Å²) in [6.07, 6.45) is 6.11. The maximum atomic E-state index is 3.38. The first kappa shape index (κ1) is 10.7. The van der Waals surface area contributed by atoms with Crippen LogP contribution in [0.15, 0.2) is 52.2 Å². The predicted molar refractivity (Wildman–Crippen MR) is 71.6 cm³/mol. The van der Waals surface area contributed by atoms with Crippen LogP contribution >= 0.6 is 31.9 Å². The van der Waals surface area contributed by atoms with Gasteiger partial charge in [-0.1, -0.05) is 18.2 Å². The Bertz CT molecular complexity index is 468. The number of benzene rings is 1. The van der Waals surface area contributed by atoms with E-state index in [9.17, 15) is 0 Å². The number of nitrogens with zero attached hydrogens (tertiary/aromatic N) is 1. The van der Waals surface area contributed by atoms with Gasteiger partial charge in [-0.05, 0) is 56.1 Å². The number of hydrogen-bond donors (Lipinski definition) is 0. The molecule has 76 valence electrons. The molecule has 0 aliphatic carbocycles. The van der Waals surface area contributed by atoms with Gasteiger partial charge in [0.2, 0.25) is 0 Å². The quantitative estimate of drug-likeness (QED) is 0.762. The monoisotopic (exact) mass is 325 g/mol. The largest absolute Gasteiger partial charge is 0.323 e. The molecule has 0 radical (unpaired) electrons. The second-order valence-corrected chi connectivity index (χ2v) is 5.86. The standard InChI is InChI=1S/C12H9Br2N/c13-12(14)9-10-5-1-2-6-11(10)15-7-3-4-8-15/h1-9H. The highest BCUT2D eigenvalue weighted by Crippen LogP contribution is 2.22. The first-order valence-electron chi connectivity index (χ1n) is 4.52. The highest BCUT2D eigenvalue weighted by atomic mass is 79.9. The smallest absolute Gasteiger partial charge is 0.0610 e. The van der Waals surface area contributed by atoms with Crippen LogP contribution in [0.5, 0.6) is 0 Å². The molecule has 1 heterocycles. The molecule has 1 aromatic carbocycles. The van der Waals surface area contributed by atoms with Crippen LogP contribution in [-0.2, 0) is 0 Å². The van der Waals surface area contributed by atoms with Crippen molar-refractivity contribution in [3.63, 3.8) is 0 Å². The molecule has 2 rings (SSSR count). The fourth-order valence-corrected chi connectivity index (χ4v) is 1.95. The molecule has 2 aromatic rings. The molecule has 0 fully saturated rings. The normalized spacial score (nSPS) is 10.0. The summed E-state index contributed by atoms with van der Waals surface area (Å²) in [6, 6.07) is 12.3. The van der Waals surface area contributed by atoms with Crippen LogP contribution in [0.2, 0.25) is 0 Å². The van der Waals surface area contributed by atoms with Crippen molar-refractivity contribution in [2.24, 2.45) is 0 Å². The summed E-state index contributed by atoms with van der Waals surface area (Å²) >= 11 is 6.75. The Kier molecular flexibility index (Phi) is 3.44. The predicted octanol–water partition coefficient (Wildman–Crippen LogP) is 4.57. The summed E-state index contributed by atoms with van der Waals surface area (Å²) in [6.45, 7) is 0. The van der Waals surface area contributed by atoms with E-state index in [1.54, 1.807) is 0 Å². The van der Waals surface area contributed by atoms with Gasteiger partial charge in [0.15, 0.2) is 0 Å². The van der Waals surface area contributed by atoms with E-state index in [1.165, 1.54) is 5.69 Å². The molecule has 0 saturated carbocycles. The van der Waals surface area contributed by atoms with E-state index < -0.39 is 0 Å². The van der Waals surface area contributed by atoms with Gasteiger partial charge in [-0.15, -0.1) is 0 Å². The summed E-state index contributed by atoms with van der Waals surface area (Å²) in [5.74, 6) is 0. The molecule has 0 atom stereocenters. The lowest BCUT2D eigenvalue weighted by atomic mass is 10.2. The topological polar surface area (TPSA) is 4.93 Å². The lowest BCUT2D eigenvalue weighted by Gasteiger charge is -2.06. The molecule has 0 N–H and O–H groups in total. The third-order valence-electron chi connectivity index (χ3n) is 2.08. The number of hydrogen-bond acceptors (Lipinski definition) is 0. The molecule has 1 nitrogen and oxygen atoms in total. The molecule has 15 heavy (non-hydrogen) atoms. The van der Waals surface area contributed by atoms with Crippen LogP contribution in [0.1, 0.15) is 5.56 Å². The highest BCUT2D eigenvalue weighted by Gasteiger charge is 2.00. The zero-order valence-electron chi connectivity index (χ0n) is 7.90. The van der Waals surface area contributed by atoms with Crippen LogP contribution in [0.4, 0.5) is 0 Å². The van der Waals surface area contributed by atoms with Crippen LogP contribution in [-0.4, -0.2) is 4.57 Å². The molecule has 0 aliphatic heterocycles. The number of aromatic nitrogens is 1. The SMILES string of the molecule is BrC(Br)=Cc1ccccc1-n1cccc1. The van der Waals surface area contributed by atoms with Crippen molar-refractivity contribution in [3.05, 3.63) is 57.7 Å². The van der Waals surface area contributed by atoms with Crippen LogP contribution < -0.4 is 0 Å². The summed E-state index contributed by atoms with van der Waals surface area (Å²) < 4.78 is 3.03. The second-order valence-electron chi connectivity index (χ2n) is 3.08. The summed E-state index contributed by atoms with van der Waals surface area (Å²) in [4.78, 5) is 0. The van der Waals surface area contributed by atoms with E-state index in [0.29, 0.717) is 0 Å². The van der Waals surface area contributed by atoms with E-state index in [4.69, 9.17) is 0 Å². The van der Waals surface area contributed by atoms with Gasteiger partial charge in [-0.3, -0.25) is 0 Å². The lowest BCUT2D eigenvalue weighted by Crippen LogP contribution is -1.92. The molecular formula is C12H9Br2N. The molecule has 0 saturated heterocycles. The maximum absolute atomic E-state index is 3.38. The van der Waals surface area contributed by atoms with E-state index >= 15 is 0 Å². The van der Waals surface area contributed by atoms with Crippen LogP contribution in [0, 0.1) is 0 Å². The number of rotatable bonds is 2. The minimum absolute atomic E-state index is 0.939. The van der Waals surface area contributed by atoms with Gasteiger partial charge in [-0.25, -0.2) is 0 Å². The molecule has 3 heteroatoms. The zero-order chi connectivity index (χ0) is 10.7.